The zero-order chi connectivity index (χ0) is 15.1. The molecule has 0 radical (unpaired) electrons. The third-order valence-electron chi connectivity index (χ3n) is 3.43. The monoisotopic (exact) mass is 286 g/mol. The Kier molecular flexibility index (Phi) is 6.78. The van der Waals surface area contributed by atoms with Crippen molar-refractivity contribution in [3.8, 4) is 0 Å². The molecule has 0 aromatic carbocycles. The van der Waals surface area contributed by atoms with E-state index in [1.165, 1.54) is 0 Å². The van der Waals surface area contributed by atoms with Crippen LogP contribution in [0.3, 0.4) is 0 Å². The molecule has 1 rings (SSSR count). The number of nitrogens with zero attached hydrogens (tertiary/aromatic N) is 1. The van der Waals surface area contributed by atoms with Gasteiger partial charge in [0.1, 0.15) is 6.04 Å². The molecule has 0 bridgehead atoms. The van der Waals surface area contributed by atoms with Crippen LogP contribution in [-0.4, -0.2) is 53.8 Å². The van der Waals surface area contributed by atoms with E-state index in [1.54, 1.807) is 4.90 Å². The number of hydrogen-bond acceptors (Lipinski definition) is 3. The lowest BCUT2D eigenvalue weighted by Crippen LogP contribution is -2.51. The smallest absolute Gasteiger partial charge is 0.326 e. The van der Waals surface area contributed by atoms with Gasteiger partial charge in [-0.3, -0.25) is 0 Å². The number of nitrogens with one attached hydrogen (secondary N) is 1. The third kappa shape index (κ3) is 5.36. The van der Waals surface area contributed by atoms with Crippen molar-refractivity contribution in [1.82, 2.24) is 10.2 Å². The van der Waals surface area contributed by atoms with Crippen LogP contribution in [0.25, 0.3) is 0 Å². The van der Waals surface area contributed by atoms with Crippen molar-refractivity contribution < 1.29 is 19.4 Å². The molecule has 2 amide bonds. The Labute approximate surface area is 120 Å². The summed E-state index contributed by atoms with van der Waals surface area (Å²) in [7, 11) is 0. The van der Waals surface area contributed by atoms with Crippen LogP contribution in [-0.2, 0) is 9.53 Å². The number of carbonyl (C=O) groups is 2. The molecule has 2 N–H and O–H groups in total. The molecule has 1 aliphatic heterocycles. The van der Waals surface area contributed by atoms with Crippen LogP contribution in [0, 0.1) is 5.92 Å². The molecule has 6 heteroatoms. The van der Waals surface area contributed by atoms with Crippen LogP contribution in [0.4, 0.5) is 4.79 Å². The van der Waals surface area contributed by atoms with Gasteiger partial charge in [0.15, 0.2) is 0 Å². The molecule has 20 heavy (non-hydrogen) atoms. The van der Waals surface area contributed by atoms with Crippen LogP contribution in [0.15, 0.2) is 0 Å². The van der Waals surface area contributed by atoms with Gasteiger partial charge in [0.05, 0.1) is 6.10 Å². The zero-order valence-electron chi connectivity index (χ0n) is 12.6. The van der Waals surface area contributed by atoms with Crippen molar-refractivity contribution in [3.05, 3.63) is 0 Å². The quantitative estimate of drug-likeness (QED) is 0.779. The predicted octanol–water partition coefficient (Wildman–Crippen LogP) is 1.70. The lowest BCUT2D eigenvalue weighted by Gasteiger charge is -2.32. The van der Waals surface area contributed by atoms with Crippen LogP contribution >= 0.6 is 0 Å². The Hall–Kier alpha value is -1.30. The zero-order valence-corrected chi connectivity index (χ0v) is 12.6. The SMILES string of the molecule is CCOC1CCN(C(=O)NC(CC(C)C)C(=O)O)CC1. The summed E-state index contributed by atoms with van der Waals surface area (Å²) in [6.07, 6.45) is 2.28. The topological polar surface area (TPSA) is 78.9 Å². The standard InChI is InChI=1S/C14H26N2O4/c1-4-20-11-5-7-16(8-6-11)14(19)15-12(13(17)18)9-10(2)3/h10-12H,4-9H2,1-3H3,(H,15,19)(H,17,18). The second-order valence-electron chi connectivity index (χ2n) is 5.61. The number of likely N-dealkylation sites (tertiary alicyclic amines) is 1. The first-order chi connectivity index (χ1) is 9.43. The highest BCUT2D eigenvalue weighted by molar-refractivity contribution is 5.82. The van der Waals surface area contributed by atoms with Crippen LogP contribution in [0.1, 0.15) is 40.0 Å². The number of piperidine rings is 1. The molecule has 1 aliphatic rings. The predicted molar refractivity (Wildman–Crippen MR) is 75.6 cm³/mol. The summed E-state index contributed by atoms with van der Waals surface area (Å²) in [4.78, 5) is 24.9. The molecule has 1 unspecified atom stereocenters. The number of urea groups is 1. The molecule has 0 saturated carbocycles. The van der Waals surface area contributed by atoms with Gasteiger partial charge in [0.2, 0.25) is 0 Å². The van der Waals surface area contributed by atoms with Gasteiger partial charge in [-0.2, -0.15) is 0 Å². The van der Waals surface area contributed by atoms with Crippen molar-refractivity contribution in [2.75, 3.05) is 19.7 Å². The maximum atomic E-state index is 12.1. The summed E-state index contributed by atoms with van der Waals surface area (Å²) < 4.78 is 5.53. The Morgan fingerprint density at radius 3 is 2.40 bits per heavy atom. The summed E-state index contributed by atoms with van der Waals surface area (Å²) in [6, 6.07) is -1.10. The van der Waals surface area contributed by atoms with Crippen molar-refractivity contribution in [1.29, 1.82) is 0 Å². The summed E-state index contributed by atoms with van der Waals surface area (Å²) in [6.45, 7) is 7.76. The van der Waals surface area contributed by atoms with Crippen molar-refractivity contribution in [2.24, 2.45) is 5.92 Å². The first-order valence-corrected chi connectivity index (χ1v) is 7.33. The maximum absolute atomic E-state index is 12.1. The average Bonchev–Trinajstić information content (AvgIpc) is 2.38. The molecule has 1 fully saturated rings. The largest absolute Gasteiger partial charge is 0.480 e. The molecule has 1 saturated heterocycles. The molecule has 0 aromatic heterocycles. The highest BCUT2D eigenvalue weighted by Crippen LogP contribution is 2.14. The Morgan fingerprint density at radius 1 is 1.35 bits per heavy atom. The minimum absolute atomic E-state index is 0.218. The fourth-order valence-electron chi connectivity index (χ4n) is 2.39. The first kappa shape index (κ1) is 16.8. The third-order valence-corrected chi connectivity index (χ3v) is 3.43. The summed E-state index contributed by atoms with van der Waals surface area (Å²) in [5.41, 5.74) is 0. The Balaban J connectivity index is 2.43. The van der Waals surface area contributed by atoms with Crippen molar-refractivity contribution in [3.63, 3.8) is 0 Å². The summed E-state index contributed by atoms with van der Waals surface area (Å²) >= 11 is 0. The Bertz CT molecular complexity index is 325. The summed E-state index contributed by atoms with van der Waals surface area (Å²) in [5.74, 6) is -0.753. The van der Waals surface area contributed by atoms with E-state index in [2.05, 4.69) is 5.32 Å². The highest BCUT2D eigenvalue weighted by atomic mass is 16.5. The lowest BCUT2D eigenvalue weighted by atomic mass is 10.0. The Morgan fingerprint density at radius 2 is 1.95 bits per heavy atom. The minimum atomic E-state index is -0.976. The number of carbonyl (C=O) groups excluding carboxylic acids is 1. The van der Waals surface area contributed by atoms with Gasteiger partial charge in [-0.1, -0.05) is 13.8 Å². The van der Waals surface area contributed by atoms with Crippen molar-refractivity contribution >= 4 is 12.0 Å². The second kappa shape index (κ2) is 8.09. The fraction of sp³-hybridized carbons (Fsp3) is 0.857. The van der Waals surface area contributed by atoms with Gasteiger partial charge in [-0.05, 0) is 32.1 Å². The number of ether oxygens (including phenoxy) is 1. The number of rotatable bonds is 6. The maximum Gasteiger partial charge on any atom is 0.326 e. The molecular weight excluding hydrogens is 260 g/mol. The van der Waals surface area contributed by atoms with E-state index in [1.807, 2.05) is 20.8 Å². The van der Waals surface area contributed by atoms with Crippen LogP contribution in [0.2, 0.25) is 0 Å². The summed E-state index contributed by atoms with van der Waals surface area (Å²) in [5, 5.41) is 11.7. The molecule has 1 heterocycles. The van der Waals surface area contributed by atoms with E-state index in [9.17, 15) is 9.59 Å². The fourth-order valence-corrected chi connectivity index (χ4v) is 2.39. The lowest BCUT2D eigenvalue weighted by molar-refractivity contribution is -0.139. The molecule has 0 spiro atoms. The van der Waals surface area contributed by atoms with Gasteiger partial charge in [-0.15, -0.1) is 0 Å². The molecule has 1 atom stereocenters. The van der Waals surface area contributed by atoms with E-state index in [0.29, 0.717) is 26.1 Å². The van der Waals surface area contributed by atoms with Gasteiger partial charge < -0.3 is 20.1 Å². The van der Waals surface area contributed by atoms with Crippen LogP contribution < -0.4 is 5.32 Å². The van der Waals surface area contributed by atoms with Crippen LogP contribution in [0.5, 0.6) is 0 Å². The number of hydrogen-bond donors (Lipinski definition) is 2. The highest BCUT2D eigenvalue weighted by Gasteiger charge is 2.27. The molecular formula is C14H26N2O4. The van der Waals surface area contributed by atoms with E-state index in [0.717, 1.165) is 12.8 Å². The van der Waals surface area contributed by atoms with E-state index >= 15 is 0 Å². The number of aliphatic carboxylic acids is 1. The molecule has 0 aromatic rings. The first-order valence-electron chi connectivity index (χ1n) is 7.33. The van der Waals surface area contributed by atoms with Gasteiger partial charge in [-0.25, -0.2) is 9.59 Å². The van der Waals surface area contributed by atoms with E-state index in [4.69, 9.17) is 9.84 Å². The van der Waals surface area contributed by atoms with Gasteiger partial charge in [0, 0.05) is 19.7 Å². The molecule has 6 nitrogen and oxygen atoms in total. The van der Waals surface area contributed by atoms with Gasteiger partial charge in [0.25, 0.3) is 0 Å². The van der Waals surface area contributed by atoms with E-state index < -0.39 is 12.0 Å². The molecule has 0 aliphatic carbocycles. The van der Waals surface area contributed by atoms with E-state index in [-0.39, 0.29) is 18.1 Å². The number of carboxylic acids is 1. The van der Waals surface area contributed by atoms with Gasteiger partial charge >= 0.3 is 12.0 Å². The second-order valence-corrected chi connectivity index (χ2v) is 5.61. The number of carboxylic acid groups (broad SMARTS) is 1. The van der Waals surface area contributed by atoms with Crippen molar-refractivity contribution in [2.45, 2.75) is 52.2 Å². The molecule has 116 valence electrons. The minimum Gasteiger partial charge on any atom is -0.480 e. The average molecular weight is 286 g/mol. The number of amides is 2. The normalized spacial score (nSPS) is 18.1.